The summed E-state index contributed by atoms with van der Waals surface area (Å²) < 4.78 is 43.3. The van der Waals surface area contributed by atoms with Crippen LogP contribution >= 0.6 is 15.9 Å². The second-order valence-corrected chi connectivity index (χ2v) is 9.15. The van der Waals surface area contributed by atoms with Crippen molar-refractivity contribution in [3.8, 4) is 0 Å². The Bertz CT molecular complexity index is 976. The highest BCUT2D eigenvalue weighted by Gasteiger charge is 2.32. The highest BCUT2D eigenvalue weighted by Crippen LogP contribution is 2.32. The number of carbonyl (C=O) groups is 1. The maximum Gasteiger partial charge on any atom is 0.416 e. The average Bonchev–Trinajstić information content (AvgIpc) is 3.32. The monoisotopic (exact) mass is 457 g/mol. The first-order chi connectivity index (χ1) is 12.9. The van der Waals surface area contributed by atoms with Crippen molar-refractivity contribution in [3.63, 3.8) is 0 Å². The number of benzene rings is 1. The van der Waals surface area contributed by atoms with Crippen LogP contribution in [0.1, 0.15) is 55.2 Å². The van der Waals surface area contributed by atoms with Crippen molar-refractivity contribution in [2.45, 2.75) is 51.7 Å². The molecule has 0 bridgehead atoms. The third kappa shape index (κ3) is 4.42. The first kappa shape index (κ1) is 20.9. The van der Waals surface area contributed by atoms with E-state index in [-0.39, 0.29) is 15.5 Å². The van der Waals surface area contributed by atoms with Crippen molar-refractivity contribution in [1.29, 1.82) is 0 Å². The fourth-order valence-electron chi connectivity index (χ4n) is 3.16. The van der Waals surface area contributed by atoms with Gasteiger partial charge < -0.3 is 0 Å². The number of hydrogen-bond acceptors (Lipinski definition) is 1. The van der Waals surface area contributed by atoms with Crippen molar-refractivity contribution in [2.24, 2.45) is 18.0 Å². The Hall–Kier alpha value is -1.83. The average molecular weight is 458 g/mol. The molecule has 0 unspecified atom stereocenters. The van der Waals surface area contributed by atoms with Gasteiger partial charge in [-0.2, -0.15) is 18.2 Å². The van der Waals surface area contributed by atoms with E-state index in [1.165, 1.54) is 6.07 Å². The summed E-state index contributed by atoms with van der Waals surface area (Å²) in [6.07, 6.45) is -2.25. The molecule has 1 amide bonds. The predicted octanol–water partition coefficient (Wildman–Crippen LogP) is 5.06. The SMILES string of the molecule is Cn1c(C(C)(C)C)cc(=NC(=O)c2cc(C(F)(F)F)ccc2Br)n1CC1CC1. The van der Waals surface area contributed by atoms with Crippen molar-refractivity contribution in [3.05, 3.63) is 51.0 Å². The van der Waals surface area contributed by atoms with Crippen LogP contribution in [-0.4, -0.2) is 15.3 Å². The summed E-state index contributed by atoms with van der Waals surface area (Å²) in [4.78, 5) is 16.9. The van der Waals surface area contributed by atoms with E-state index >= 15 is 0 Å². The number of rotatable bonds is 3. The maximum absolute atomic E-state index is 13.0. The van der Waals surface area contributed by atoms with E-state index in [2.05, 4.69) is 41.7 Å². The quantitative estimate of drug-likeness (QED) is 0.634. The first-order valence-electron chi connectivity index (χ1n) is 9.11. The number of carbonyl (C=O) groups excluding carboxylic acids is 1. The Morgan fingerprint density at radius 2 is 1.86 bits per heavy atom. The maximum atomic E-state index is 13.0. The van der Waals surface area contributed by atoms with Gasteiger partial charge in [0.05, 0.1) is 11.1 Å². The van der Waals surface area contributed by atoms with Crippen molar-refractivity contribution in [2.75, 3.05) is 0 Å². The second-order valence-electron chi connectivity index (χ2n) is 8.30. The van der Waals surface area contributed by atoms with Crippen LogP contribution in [-0.2, 0) is 25.2 Å². The van der Waals surface area contributed by atoms with Crippen molar-refractivity contribution >= 4 is 21.8 Å². The van der Waals surface area contributed by atoms with Gasteiger partial charge in [-0.05, 0) is 52.9 Å². The summed E-state index contributed by atoms with van der Waals surface area (Å²) in [7, 11) is 1.92. The van der Waals surface area contributed by atoms with Crippen LogP contribution < -0.4 is 5.49 Å². The van der Waals surface area contributed by atoms with Gasteiger partial charge in [0.1, 0.15) is 0 Å². The fourth-order valence-corrected chi connectivity index (χ4v) is 3.57. The molecule has 3 rings (SSSR count). The van der Waals surface area contributed by atoms with Gasteiger partial charge in [-0.1, -0.05) is 20.8 Å². The number of halogens is 4. The van der Waals surface area contributed by atoms with Crippen LogP contribution in [0.3, 0.4) is 0 Å². The molecule has 28 heavy (non-hydrogen) atoms. The summed E-state index contributed by atoms with van der Waals surface area (Å²) in [6.45, 7) is 6.94. The van der Waals surface area contributed by atoms with Crippen molar-refractivity contribution < 1.29 is 18.0 Å². The van der Waals surface area contributed by atoms with E-state index in [9.17, 15) is 18.0 Å². The summed E-state index contributed by atoms with van der Waals surface area (Å²) >= 11 is 3.17. The molecule has 1 heterocycles. The second kappa shape index (κ2) is 7.21. The fraction of sp³-hybridized carbons (Fsp3) is 0.500. The molecule has 0 radical (unpaired) electrons. The lowest BCUT2D eigenvalue weighted by Gasteiger charge is -2.20. The molecule has 152 valence electrons. The number of hydrogen-bond donors (Lipinski definition) is 0. The Morgan fingerprint density at radius 1 is 1.21 bits per heavy atom. The molecule has 1 aliphatic rings. The summed E-state index contributed by atoms with van der Waals surface area (Å²) in [6, 6.07) is 4.86. The molecule has 4 nitrogen and oxygen atoms in total. The molecular weight excluding hydrogens is 435 g/mol. The van der Waals surface area contributed by atoms with Crippen LogP contribution in [0.2, 0.25) is 0 Å². The van der Waals surface area contributed by atoms with Crippen molar-refractivity contribution in [1.82, 2.24) is 9.36 Å². The standard InChI is InChI=1S/C20H23BrF3N3O/c1-19(2,3)16-10-17(27(26(16)4)11-12-5-6-12)25-18(28)14-9-13(20(22,23)24)7-8-15(14)21/h7-10,12H,5-6,11H2,1-4H3. The van der Waals surface area contributed by atoms with Gasteiger partial charge >= 0.3 is 6.18 Å². The lowest BCUT2D eigenvalue weighted by atomic mass is 9.92. The Labute approximate surface area is 170 Å². The number of nitrogens with zero attached hydrogens (tertiary/aromatic N) is 3. The van der Waals surface area contributed by atoms with E-state index in [0.29, 0.717) is 11.4 Å². The van der Waals surface area contributed by atoms with Gasteiger partial charge in [0, 0.05) is 35.2 Å². The molecule has 8 heteroatoms. The lowest BCUT2D eigenvalue weighted by Crippen LogP contribution is -2.26. The summed E-state index contributed by atoms with van der Waals surface area (Å²) in [5, 5.41) is 0. The predicted molar refractivity (Wildman–Crippen MR) is 104 cm³/mol. The minimum absolute atomic E-state index is 0.103. The minimum atomic E-state index is -4.52. The molecular formula is C20H23BrF3N3O. The lowest BCUT2D eigenvalue weighted by molar-refractivity contribution is -0.137. The zero-order valence-corrected chi connectivity index (χ0v) is 17.9. The molecule has 0 spiro atoms. The number of aromatic nitrogens is 2. The van der Waals surface area contributed by atoms with Crippen LogP contribution in [0.4, 0.5) is 13.2 Å². The summed E-state index contributed by atoms with van der Waals surface area (Å²) in [5.74, 6) is -0.149. The van der Waals surface area contributed by atoms with Gasteiger partial charge in [0.15, 0.2) is 5.49 Å². The number of amides is 1. The smallest absolute Gasteiger partial charge is 0.291 e. The van der Waals surface area contributed by atoms with E-state index in [0.717, 1.165) is 37.2 Å². The highest BCUT2D eigenvalue weighted by atomic mass is 79.9. The third-order valence-corrected chi connectivity index (χ3v) is 5.57. The summed E-state index contributed by atoms with van der Waals surface area (Å²) in [5.41, 5.74) is 0.335. The molecule has 1 aromatic heterocycles. The third-order valence-electron chi connectivity index (χ3n) is 4.88. The van der Waals surface area contributed by atoms with Gasteiger partial charge in [-0.25, -0.2) is 0 Å². The van der Waals surface area contributed by atoms with E-state index in [1.54, 1.807) is 0 Å². The van der Waals surface area contributed by atoms with E-state index in [4.69, 9.17) is 0 Å². The topological polar surface area (TPSA) is 39.3 Å². The molecule has 0 atom stereocenters. The molecule has 1 saturated carbocycles. The molecule has 1 aliphatic carbocycles. The van der Waals surface area contributed by atoms with E-state index < -0.39 is 17.6 Å². The zero-order chi connectivity index (χ0) is 20.9. The molecule has 0 N–H and O–H groups in total. The Kier molecular flexibility index (Phi) is 5.38. The number of alkyl halides is 3. The first-order valence-corrected chi connectivity index (χ1v) is 9.90. The highest BCUT2D eigenvalue weighted by molar-refractivity contribution is 9.10. The zero-order valence-electron chi connectivity index (χ0n) is 16.3. The van der Waals surface area contributed by atoms with Gasteiger partial charge in [0.2, 0.25) is 0 Å². The van der Waals surface area contributed by atoms with Gasteiger partial charge in [-0.3, -0.25) is 14.2 Å². The Balaban J connectivity index is 2.09. The van der Waals surface area contributed by atoms with Crippen LogP contribution in [0.5, 0.6) is 0 Å². The Morgan fingerprint density at radius 3 is 2.39 bits per heavy atom. The van der Waals surface area contributed by atoms with E-state index in [1.807, 2.05) is 22.5 Å². The largest absolute Gasteiger partial charge is 0.416 e. The molecule has 1 fully saturated rings. The molecule has 2 aromatic rings. The van der Waals surface area contributed by atoms with Crippen LogP contribution in [0.25, 0.3) is 0 Å². The molecule has 0 aliphatic heterocycles. The van der Waals surface area contributed by atoms with Gasteiger partial charge in [-0.15, -0.1) is 0 Å². The normalized spacial score (nSPS) is 15.9. The van der Waals surface area contributed by atoms with Crippen LogP contribution in [0, 0.1) is 5.92 Å². The van der Waals surface area contributed by atoms with Gasteiger partial charge in [0.25, 0.3) is 5.91 Å². The molecule has 1 aromatic carbocycles. The minimum Gasteiger partial charge on any atom is -0.291 e. The van der Waals surface area contributed by atoms with Crippen LogP contribution in [0.15, 0.2) is 33.7 Å². The molecule has 0 saturated heterocycles.